The molecule has 0 aliphatic rings. The minimum absolute atomic E-state index is 0.0972. The highest BCUT2D eigenvalue weighted by molar-refractivity contribution is 5.97. The molecule has 1 aromatic carbocycles. The predicted molar refractivity (Wildman–Crippen MR) is 117 cm³/mol. The summed E-state index contributed by atoms with van der Waals surface area (Å²) in [5.41, 5.74) is 2.68. The van der Waals surface area contributed by atoms with Gasteiger partial charge < -0.3 is 14.8 Å². The Bertz CT molecular complexity index is 890. The Morgan fingerprint density at radius 1 is 1.03 bits per heavy atom. The summed E-state index contributed by atoms with van der Waals surface area (Å²) in [6.45, 7) is 10.0. The van der Waals surface area contributed by atoms with Gasteiger partial charge in [0.25, 0.3) is 5.91 Å². The lowest BCUT2D eigenvalue weighted by Gasteiger charge is -2.21. The van der Waals surface area contributed by atoms with Crippen LogP contribution in [-0.2, 0) is 0 Å². The first-order valence-electron chi connectivity index (χ1n) is 10.4. The fraction of sp³-hybridized carbons (Fsp3) is 0.391. The van der Waals surface area contributed by atoms with Crippen LogP contribution in [0.2, 0.25) is 0 Å². The van der Waals surface area contributed by atoms with Crippen molar-refractivity contribution in [2.24, 2.45) is 0 Å². The van der Waals surface area contributed by atoms with Gasteiger partial charge in [-0.3, -0.25) is 4.79 Å². The monoisotopic (exact) mass is 393 g/mol. The van der Waals surface area contributed by atoms with E-state index < -0.39 is 0 Å². The summed E-state index contributed by atoms with van der Waals surface area (Å²) in [5.74, 6) is 0.648. The van der Waals surface area contributed by atoms with E-state index >= 15 is 0 Å². The van der Waals surface area contributed by atoms with E-state index in [1.807, 2.05) is 58.0 Å². The van der Waals surface area contributed by atoms with E-state index in [-0.39, 0.29) is 5.91 Å². The van der Waals surface area contributed by atoms with Gasteiger partial charge in [-0.2, -0.15) is 5.10 Å². The molecule has 1 amide bonds. The number of nitrogens with zero attached hydrogens (tertiary/aromatic N) is 4. The average molecular weight is 394 g/mol. The molecule has 2 aromatic heterocycles. The summed E-state index contributed by atoms with van der Waals surface area (Å²) in [4.78, 5) is 15.4. The molecule has 6 nitrogen and oxygen atoms in total. The largest absolute Gasteiger partial charge is 0.351 e. The Morgan fingerprint density at radius 3 is 2.31 bits per heavy atom. The second-order valence-corrected chi connectivity index (χ2v) is 7.32. The minimum atomic E-state index is -0.0972. The van der Waals surface area contributed by atoms with Crippen LogP contribution < -0.4 is 5.32 Å². The highest BCUT2D eigenvalue weighted by Gasteiger charge is 2.19. The van der Waals surface area contributed by atoms with Gasteiger partial charge >= 0.3 is 0 Å². The van der Waals surface area contributed by atoms with Gasteiger partial charge in [-0.1, -0.05) is 31.5 Å². The molecule has 29 heavy (non-hydrogen) atoms. The van der Waals surface area contributed by atoms with Gasteiger partial charge in [-0.05, 0) is 57.1 Å². The van der Waals surface area contributed by atoms with Gasteiger partial charge in [-0.25, -0.2) is 4.68 Å². The van der Waals surface area contributed by atoms with Crippen molar-refractivity contribution in [1.29, 1.82) is 0 Å². The third-order valence-electron chi connectivity index (χ3n) is 4.91. The van der Waals surface area contributed by atoms with Crippen LogP contribution in [0.3, 0.4) is 0 Å². The molecule has 0 spiro atoms. The highest BCUT2D eigenvalue weighted by atomic mass is 16.1. The number of carbonyl (C=O) groups is 1. The van der Waals surface area contributed by atoms with Crippen molar-refractivity contribution < 1.29 is 4.79 Å². The van der Waals surface area contributed by atoms with Crippen LogP contribution in [0.4, 0.5) is 0 Å². The lowest BCUT2D eigenvalue weighted by atomic mass is 10.2. The van der Waals surface area contributed by atoms with E-state index in [9.17, 15) is 4.79 Å². The third-order valence-corrected chi connectivity index (χ3v) is 4.91. The standard InChI is InChI=1S/C23H31N5O/c1-4-13-26(14-5-2)17-12-24-22(29)21-18-25-28(20-10-8-19(3)9-11-20)23(21)27-15-6-7-16-27/h6-11,15-16,18H,4-5,12-14,17H2,1-3H3,(H,24,29). The molecule has 0 saturated heterocycles. The molecule has 0 aliphatic heterocycles. The van der Waals surface area contributed by atoms with E-state index in [1.165, 1.54) is 5.56 Å². The maximum Gasteiger partial charge on any atom is 0.256 e. The molecular formula is C23H31N5O. The first-order valence-corrected chi connectivity index (χ1v) is 10.4. The number of hydrogen-bond donors (Lipinski definition) is 1. The fourth-order valence-electron chi connectivity index (χ4n) is 3.49. The predicted octanol–water partition coefficient (Wildman–Crippen LogP) is 3.82. The SMILES string of the molecule is CCCN(CCC)CCNC(=O)c1cnn(-c2ccc(C)cc2)c1-n1cccc1. The molecule has 0 saturated carbocycles. The fourth-order valence-corrected chi connectivity index (χ4v) is 3.49. The van der Waals surface area contributed by atoms with Crippen LogP contribution in [-0.4, -0.2) is 51.3 Å². The molecule has 3 rings (SSSR count). The molecule has 3 aromatic rings. The van der Waals surface area contributed by atoms with E-state index in [0.717, 1.165) is 44.0 Å². The van der Waals surface area contributed by atoms with Crippen molar-refractivity contribution in [3.05, 3.63) is 66.1 Å². The summed E-state index contributed by atoms with van der Waals surface area (Å²) in [6, 6.07) is 12.0. The molecule has 1 N–H and O–H groups in total. The normalized spacial score (nSPS) is 11.2. The van der Waals surface area contributed by atoms with E-state index in [0.29, 0.717) is 12.1 Å². The Morgan fingerprint density at radius 2 is 1.69 bits per heavy atom. The first kappa shape index (κ1) is 20.9. The number of amides is 1. The molecule has 0 radical (unpaired) electrons. The zero-order valence-electron chi connectivity index (χ0n) is 17.6. The van der Waals surface area contributed by atoms with Crippen LogP contribution in [0.1, 0.15) is 42.6 Å². The average Bonchev–Trinajstić information content (AvgIpc) is 3.38. The number of aryl methyl sites for hydroxylation is 1. The molecule has 0 atom stereocenters. The maximum absolute atomic E-state index is 13.0. The summed E-state index contributed by atoms with van der Waals surface area (Å²) in [7, 11) is 0. The van der Waals surface area contributed by atoms with Gasteiger partial charge in [-0.15, -0.1) is 0 Å². The van der Waals surface area contributed by atoms with Crippen molar-refractivity contribution in [3.63, 3.8) is 0 Å². The van der Waals surface area contributed by atoms with Gasteiger partial charge in [0.15, 0.2) is 5.82 Å². The van der Waals surface area contributed by atoms with E-state index in [2.05, 4.69) is 36.1 Å². The number of benzene rings is 1. The van der Waals surface area contributed by atoms with Gasteiger partial charge in [0.05, 0.1) is 11.9 Å². The molecule has 0 aliphatic carbocycles. The van der Waals surface area contributed by atoms with Crippen LogP contribution in [0, 0.1) is 6.92 Å². The summed E-state index contributed by atoms with van der Waals surface area (Å²) < 4.78 is 3.75. The quantitative estimate of drug-likeness (QED) is 0.570. The molecular weight excluding hydrogens is 362 g/mol. The van der Waals surface area contributed by atoms with Crippen LogP contribution in [0.15, 0.2) is 55.0 Å². The minimum Gasteiger partial charge on any atom is -0.351 e. The van der Waals surface area contributed by atoms with Gasteiger partial charge in [0, 0.05) is 25.5 Å². The van der Waals surface area contributed by atoms with E-state index in [1.54, 1.807) is 6.20 Å². The van der Waals surface area contributed by atoms with E-state index in [4.69, 9.17) is 0 Å². The number of hydrogen-bond acceptors (Lipinski definition) is 3. The zero-order chi connectivity index (χ0) is 20.6. The Balaban J connectivity index is 1.80. The van der Waals surface area contributed by atoms with Crippen molar-refractivity contribution in [1.82, 2.24) is 24.6 Å². The summed E-state index contributed by atoms with van der Waals surface area (Å²) in [5, 5.41) is 7.59. The number of nitrogens with one attached hydrogen (secondary N) is 1. The molecule has 0 unspecified atom stereocenters. The number of rotatable bonds is 10. The van der Waals surface area contributed by atoms with Crippen molar-refractivity contribution in [2.75, 3.05) is 26.2 Å². The summed E-state index contributed by atoms with van der Waals surface area (Å²) in [6.07, 6.45) is 7.76. The maximum atomic E-state index is 13.0. The smallest absolute Gasteiger partial charge is 0.256 e. The Labute approximate surface area is 173 Å². The topological polar surface area (TPSA) is 55.1 Å². The highest BCUT2D eigenvalue weighted by Crippen LogP contribution is 2.20. The zero-order valence-corrected chi connectivity index (χ0v) is 17.6. The Hall–Kier alpha value is -2.86. The number of carbonyl (C=O) groups excluding carboxylic acids is 1. The second kappa shape index (κ2) is 10.1. The second-order valence-electron chi connectivity index (χ2n) is 7.32. The van der Waals surface area contributed by atoms with Gasteiger partial charge in [0.1, 0.15) is 5.56 Å². The lowest BCUT2D eigenvalue weighted by Crippen LogP contribution is -2.36. The molecule has 154 valence electrons. The first-order chi connectivity index (χ1) is 14.1. The third kappa shape index (κ3) is 5.15. The molecule has 6 heteroatoms. The van der Waals surface area contributed by atoms with Crippen molar-refractivity contribution in [2.45, 2.75) is 33.6 Å². The van der Waals surface area contributed by atoms with Gasteiger partial charge in [0.2, 0.25) is 0 Å². The summed E-state index contributed by atoms with van der Waals surface area (Å²) >= 11 is 0. The molecule has 0 fully saturated rings. The van der Waals surface area contributed by atoms with Crippen LogP contribution >= 0.6 is 0 Å². The van der Waals surface area contributed by atoms with Crippen LogP contribution in [0.5, 0.6) is 0 Å². The lowest BCUT2D eigenvalue weighted by molar-refractivity contribution is 0.0948. The number of aromatic nitrogens is 3. The Kier molecular flexibility index (Phi) is 7.25. The van der Waals surface area contributed by atoms with Crippen LogP contribution in [0.25, 0.3) is 11.5 Å². The molecule has 2 heterocycles. The molecule has 0 bridgehead atoms. The van der Waals surface area contributed by atoms with Crippen molar-refractivity contribution in [3.8, 4) is 11.5 Å². The van der Waals surface area contributed by atoms with Crippen molar-refractivity contribution >= 4 is 5.91 Å².